The average Bonchev–Trinajstić information content (AvgIpc) is 2.68. The minimum Gasteiger partial charge on any atom is -0.508 e. The summed E-state index contributed by atoms with van der Waals surface area (Å²) in [7, 11) is 1.75. The third-order valence-corrected chi connectivity index (χ3v) is 3.44. The standard InChI is InChI=1S/C13H18O2/c1-15-10-13(7-2-3-8-13)11-5-4-6-12(14)9-11/h4-6,9,14H,2-3,7-8,10H2,1H3. The van der Waals surface area contributed by atoms with Gasteiger partial charge in [-0.3, -0.25) is 0 Å². The predicted octanol–water partition coefficient (Wildman–Crippen LogP) is 2.85. The highest BCUT2D eigenvalue weighted by atomic mass is 16.5. The van der Waals surface area contributed by atoms with Crippen molar-refractivity contribution in [2.45, 2.75) is 31.1 Å². The van der Waals surface area contributed by atoms with Crippen molar-refractivity contribution in [1.29, 1.82) is 0 Å². The number of hydrogen-bond donors (Lipinski definition) is 1. The zero-order valence-electron chi connectivity index (χ0n) is 9.20. The Hall–Kier alpha value is -1.02. The largest absolute Gasteiger partial charge is 0.508 e. The van der Waals surface area contributed by atoms with Crippen molar-refractivity contribution in [1.82, 2.24) is 0 Å². The van der Waals surface area contributed by atoms with E-state index in [1.54, 1.807) is 13.2 Å². The fourth-order valence-electron chi connectivity index (χ4n) is 2.68. The normalized spacial score (nSPS) is 19.3. The van der Waals surface area contributed by atoms with Gasteiger partial charge in [0.05, 0.1) is 6.61 Å². The van der Waals surface area contributed by atoms with Crippen molar-refractivity contribution in [3.8, 4) is 5.75 Å². The van der Waals surface area contributed by atoms with Crippen LogP contribution >= 0.6 is 0 Å². The van der Waals surface area contributed by atoms with E-state index in [2.05, 4.69) is 6.07 Å². The predicted molar refractivity (Wildman–Crippen MR) is 60.1 cm³/mol. The molecule has 0 heterocycles. The number of ether oxygens (including phenoxy) is 1. The van der Waals surface area contributed by atoms with Gasteiger partial charge in [0, 0.05) is 12.5 Å². The van der Waals surface area contributed by atoms with E-state index in [9.17, 15) is 5.11 Å². The number of methoxy groups -OCH3 is 1. The molecule has 2 nitrogen and oxygen atoms in total. The van der Waals surface area contributed by atoms with Gasteiger partial charge in [0.1, 0.15) is 5.75 Å². The molecule has 0 atom stereocenters. The van der Waals surface area contributed by atoms with E-state index in [1.165, 1.54) is 31.2 Å². The van der Waals surface area contributed by atoms with Crippen LogP contribution < -0.4 is 0 Å². The molecule has 1 fully saturated rings. The van der Waals surface area contributed by atoms with Crippen LogP contribution in [0.25, 0.3) is 0 Å². The van der Waals surface area contributed by atoms with Crippen molar-refractivity contribution in [3.05, 3.63) is 29.8 Å². The molecule has 15 heavy (non-hydrogen) atoms. The summed E-state index contributed by atoms with van der Waals surface area (Å²) >= 11 is 0. The molecule has 1 saturated carbocycles. The Labute approximate surface area is 90.9 Å². The van der Waals surface area contributed by atoms with Crippen LogP contribution in [0.1, 0.15) is 31.2 Å². The molecule has 0 aromatic heterocycles. The number of benzene rings is 1. The smallest absolute Gasteiger partial charge is 0.115 e. The molecular weight excluding hydrogens is 188 g/mol. The molecule has 2 heteroatoms. The lowest BCUT2D eigenvalue weighted by Gasteiger charge is -2.28. The van der Waals surface area contributed by atoms with Crippen LogP contribution in [-0.2, 0) is 10.2 Å². The Kier molecular flexibility index (Phi) is 2.96. The van der Waals surface area contributed by atoms with Crippen LogP contribution in [0.3, 0.4) is 0 Å². The second kappa shape index (κ2) is 4.23. The van der Waals surface area contributed by atoms with E-state index in [1.807, 2.05) is 12.1 Å². The lowest BCUT2D eigenvalue weighted by atomic mass is 9.79. The zero-order chi connectivity index (χ0) is 10.7. The fraction of sp³-hybridized carbons (Fsp3) is 0.538. The van der Waals surface area contributed by atoms with Crippen LogP contribution in [0.4, 0.5) is 0 Å². The summed E-state index contributed by atoms with van der Waals surface area (Å²) < 4.78 is 5.34. The van der Waals surface area contributed by atoms with Crippen molar-refractivity contribution < 1.29 is 9.84 Å². The van der Waals surface area contributed by atoms with Crippen molar-refractivity contribution in [2.24, 2.45) is 0 Å². The van der Waals surface area contributed by atoms with Gasteiger partial charge in [-0.15, -0.1) is 0 Å². The number of rotatable bonds is 3. The summed E-state index contributed by atoms with van der Waals surface area (Å²) in [6, 6.07) is 7.62. The summed E-state index contributed by atoms with van der Waals surface area (Å²) in [5.41, 5.74) is 1.37. The van der Waals surface area contributed by atoms with E-state index >= 15 is 0 Å². The highest BCUT2D eigenvalue weighted by Gasteiger charge is 2.35. The van der Waals surface area contributed by atoms with Gasteiger partial charge >= 0.3 is 0 Å². The molecule has 1 aliphatic rings. The Morgan fingerprint density at radius 3 is 2.67 bits per heavy atom. The zero-order valence-corrected chi connectivity index (χ0v) is 9.20. The third kappa shape index (κ3) is 2.00. The highest BCUT2D eigenvalue weighted by Crippen LogP contribution is 2.41. The first-order valence-corrected chi connectivity index (χ1v) is 5.55. The molecule has 0 amide bonds. The van der Waals surface area contributed by atoms with E-state index < -0.39 is 0 Å². The minimum absolute atomic E-state index is 0.146. The van der Waals surface area contributed by atoms with Gasteiger partial charge in [-0.25, -0.2) is 0 Å². The Morgan fingerprint density at radius 1 is 1.33 bits per heavy atom. The third-order valence-electron chi connectivity index (χ3n) is 3.44. The van der Waals surface area contributed by atoms with Crippen LogP contribution in [0, 0.1) is 0 Å². The van der Waals surface area contributed by atoms with Gasteiger partial charge in [0.15, 0.2) is 0 Å². The minimum atomic E-state index is 0.146. The molecule has 82 valence electrons. The van der Waals surface area contributed by atoms with E-state index in [4.69, 9.17) is 4.74 Å². The molecule has 0 aliphatic heterocycles. The summed E-state index contributed by atoms with van der Waals surface area (Å²) in [5.74, 6) is 0.356. The quantitative estimate of drug-likeness (QED) is 0.824. The van der Waals surface area contributed by atoms with Gasteiger partial charge in [0.2, 0.25) is 0 Å². The second-order valence-corrected chi connectivity index (χ2v) is 4.47. The van der Waals surface area contributed by atoms with Crippen LogP contribution in [0.5, 0.6) is 5.75 Å². The van der Waals surface area contributed by atoms with Gasteiger partial charge in [-0.1, -0.05) is 25.0 Å². The van der Waals surface area contributed by atoms with Crippen molar-refractivity contribution in [3.63, 3.8) is 0 Å². The maximum Gasteiger partial charge on any atom is 0.115 e. The summed E-state index contributed by atoms with van der Waals surface area (Å²) in [6.45, 7) is 0.760. The highest BCUT2D eigenvalue weighted by molar-refractivity contribution is 5.34. The summed E-state index contributed by atoms with van der Waals surface area (Å²) in [6.07, 6.45) is 4.87. The molecule has 1 N–H and O–H groups in total. The number of aromatic hydroxyl groups is 1. The molecule has 0 bridgehead atoms. The van der Waals surface area contributed by atoms with E-state index in [0.29, 0.717) is 5.75 Å². The Morgan fingerprint density at radius 2 is 2.07 bits per heavy atom. The van der Waals surface area contributed by atoms with Gasteiger partial charge < -0.3 is 9.84 Å². The molecule has 0 saturated heterocycles. The first-order chi connectivity index (χ1) is 7.27. The van der Waals surface area contributed by atoms with Gasteiger partial charge in [-0.2, -0.15) is 0 Å². The fourth-order valence-corrected chi connectivity index (χ4v) is 2.68. The van der Waals surface area contributed by atoms with Crippen LogP contribution in [0.15, 0.2) is 24.3 Å². The average molecular weight is 206 g/mol. The molecule has 1 aromatic carbocycles. The molecule has 0 unspecified atom stereocenters. The SMILES string of the molecule is COCC1(c2cccc(O)c2)CCCC1. The van der Waals surface area contributed by atoms with Crippen LogP contribution in [-0.4, -0.2) is 18.8 Å². The van der Waals surface area contributed by atoms with Crippen molar-refractivity contribution >= 4 is 0 Å². The lowest BCUT2D eigenvalue weighted by Crippen LogP contribution is -2.27. The van der Waals surface area contributed by atoms with Gasteiger partial charge in [0.25, 0.3) is 0 Å². The molecular formula is C13H18O2. The molecule has 1 aliphatic carbocycles. The van der Waals surface area contributed by atoms with E-state index in [0.717, 1.165) is 6.61 Å². The Bertz CT molecular complexity index is 327. The summed E-state index contributed by atoms with van der Waals surface area (Å²) in [5, 5.41) is 9.52. The second-order valence-electron chi connectivity index (χ2n) is 4.47. The Balaban J connectivity index is 2.31. The molecule has 1 aromatic rings. The maximum absolute atomic E-state index is 9.52. The lowest BCUT2D eigenvalue weighted by molar-refractivity contribution is 0.131. The monoisotopic (exact) mass is 206 g/mol. The maximum atomic E-state index is 9.52. The van der Waals surface area contributed by atoms with Crippen LogP contribution in [0.2, 0.25) is 0 Å². The molecule has 2 rings (SSSR count). The summed E-state index contributed by atoms with van der Waals surface area (Å²) in [4.78, 5) is 0. The number of phenolic OH excluding ortho intramolecular Hbond substituents is 1. The number of phenols is 1. The van der Waals surface area contributed by atoms with E-state index in [-0.39, 0.29) is 5.41 Å². The van der Waals surface area contributed by atoms with Crippen molar-refractivity contribution in [2.75, 3.05) is 13.7 Å². The van der Waals surface area contributed by atoms with Gasteiger partial charge in [-0.05, 0) is 30.5 Å². The first-order valence-electron chi connectivity index (χ1n) is 5.55. The first kappa shape index (κ1) is 10.5. The molecule has 0 radical (unpaired) electrons. The molecule has 0 spiro atoms. The number of hydrogen-bond acceptors (Lipinski definition) is 2. The topological polar surface area (TPSA) is 29.5 Å².